The second-order valence-corrected chi connectivity index (χ2v) is 4.85. The van der Waals surface area contributed by atoms with Crippen LogP contribution < -0.4 is 5.32 Å². The Morgan fingerprint density at radius 3 is 2.13 bits per heavy atom. The lowest BCUT2D eigenvalue weighted by molar-refractivity contribution is -0.155. The largest absolute Gasteiger partial charge is 0.385 e. The minimum atomic E-state index is -0.538. The molecular formula is C12H16ClNO. The van der Waals surface area contributed by atoms with E-state index < -0.39 is 5.60 Å². The zero-order valence-electron chi connectivity index (χ0n) is 8.57. The Labute approximate surface area is 96.1 Å². The third kappa shape index (κ3) is 1.57. The topological polar surface area (TPSA) is 32.3 Å². The molecule has 1 aromatic rings. The van der Waals surface area contributed by atoms with Crippen LogP contribution in [0.25, 0.3) is 0 Å². The van der Waals surface area contributed by atoms with Crippen LogP contribution in [-0.4, -0.2) is 18.2 Å². The zero-order chi connectivity index (χ0) is 9.65. The van der Waals surface area contributed by atoms with E-state index in [0.29, 0.717) is 5.41 Å². The second kappa shape index (κ2) is 3.48. The third-order valence-electron chi connectivity index (χ3n) is 3.65. The number of nitrogens with one attached hydrogen (secondary N) is 1. The van der Waals surface area contributed by atoms with Crippen molar-refractivity contribution < 1.29 is 5.11 Å². The first-order valence-electron chi connectivity index (χ1n) is 5.21. The van der Waals surface area contributed by atoms with Gasteiger partial charge in [-0.2, -0.15) is 0 Å². The molecule has 3 heteroatoms. The highest BCUT2D eigenvalue weighted by Crippen LogP contribution is 2.55. The monoisotopic (exact) mass is 225 g/mol. The SMILES string of the molecule is Cl.OC1(c2ccccc2)CC2(CNC2)C1. The molecule has 0 aromatic heterocycles. The van der Waals surface area contributed by atoms with Crippen LogP contribution in [-0.2, 0) is 5.60 Å². The summed E-state index contributed by atoms with van der Waals surface area (Å²) in [4.78, 5) is 0. The predicted molar refractivity (Wildman–Crippen MR) is 62.1 cm³/mol. The van der Waals surface area contributed by atoms with Crippen LogP contribution >= 0.6 is 12.4 Å². The maximum atomic E-state index is 10.4. The average Bonchev–Trinajstić information content (AvgIpc) is 2.11. The maximum Gasteiger partial charge on any atom is 0.0909 e. The fourth-order valence-electron chi connectivity index (χ4n) is 2.87. The van der Waals surface area contributed by atoms with Crippen molar-refractivity contribution in [3.63, 3.8) is 0 Å². The van der Waals surface area contributed by atoms with Crippen LogP contribution in [0.1, 0.15) is 18.4 Å². The van der Waals surface area contributed by atoms with Crippen LogP contribution in [0.5, 0.6) is 0 Å². The molecular weight excluding hydrogens is 210 g/mol. The lowest BCUT2D eigenvalue weighted by atomic mass is 9.54. The molecule has 3 rings (SSSR count). The summed E-state index contributed by atoms with van der Waals surface area (Å²) in [6.07, 6.45) is 1.86. The molecule has 1 aromatic carbocycles. The van der Waals surface area contributed by atoms with Crippen molar-refractivity contribution in [2.24, 2.45) is 5.41 Å². The van der Waals surface area contributed by atoms with Crippen LogP contribution in [0.4, 0.5) is 0 Å². The summed E-state index contributed by atoms with van der Waals surface area (Å²) in [6, 6.07) is 10.0. The van der Waals surface area contributed by atoms with Gasteiger partial charge in [0.05, 0.1) is 5.60 Å². The van der Waals surface area contributed by atoms with Gasteiger partial charge in [-0.05, 0) is 18.4 Å². The van der Waals surface area contributed by atoms with E-state index in [2.05, 4.69) is 5.32 Å². The number of hydrogen-bond acceptors (Lipinski definition) is 2. The summed E-state index contributed by atoms with van der Waals surface area (Å²) in [7, 11) is 0. The van der Waals surface area contributed by atoms with E-state index >= 15 is 0 Å². The van der Waals surface area contributed by atoms with Gasteiger partial charge in [-0.15, -0.1) is 12.4 Å². The van der Waals surface area contributed by atoms with Crippen molar-refractivity contribution in [1.82, 2.24) is 5.32 Å². The van der Waals surface area contributed by atoms with Gasteiger partial charge < -0.3 is 10.4 Å². The quantitative estimate of drug-likeness (QED) is 0.762. The first-order chi connectivity index (χ1) is 6.73. The van der Waals surface area contributed by atoms with Crippen LogP contribution in [0.2, 0.25) is 0 Å². The van der Waals surface area contributed by atoms with Gasteiger partial charge in [0.15, 0.2) is 0 Å². The van der Waals surface area contributed by atoms with Crippen molar-refractivity contribution in [3.8, 4) is 0 Å². The highest BCUT2D eigenvalue weighted by atomic mass is 35.5. The van der Waals surface area contributed by atoms with Gasteiger partial charge in [0, 0.05) is 18.5 Å². The van der Waals surface area contributed by atoms with Crippen molar-refractivity contribution in [2.45, 2.75) is 18.4 Å². The summed E-state index contributed by atoms with van der Waals surface area (Å²) in [6.45, 7) is 2.17. The summed E-state index contributed by atoms with van der Waals surface area (Å²) in [5.74, 6) is 0. The van der Waals surface area contributed by atoms with E-state index in [1.807, 2.05) is 30.3 Å². The molecule has 2 N–H and O–H groups in total. The van der Waals surface area contributed by atoms with E-state index in [0.717, 1.165) is 31.5 Å². The molecule has 2 nitrogen and oxygen atoms in total. The normalized spacial score (nSPS) is 24.9. The lowest BCUT2D eigenvalue weighted by Gasteiger charge is -2.59. The van der Waals surface area contributed by atoms with Gasteiger partial charge in [-0.25, -0.2) is 0 Å². The molecule has 0 radical (unpaired) electrons. The zero-order valence-corrected chi connectivity index (χ0v) is 9.39. The fraction of sp³-hybridized carbons (Fsp3) is 0.500. The highest BCUT2D eigenvalue weighted by Gasteiger charge is 2.57. The van der Waals surface area contributed by atoms with Gasteiger partial charge in [0.1, 0.15) is 0 Å². The molecule has 1 saturated carbocycles. The van der Waals surface area contributed by atoms with Gasteiger partial charge in [0.2, 0.25) is 0 Å². The van der Waals surface area contributed by atoms with E-state index in [-0.39, 0.29) is 12.4 Å². The summed E-state index contributed by atoms with van der Waals surface area (Å²) >= 11 is 0. The number of benzene rings is 1. The molecule has 1 spiro atoms. The van der Waals surface area contributed by atoms with Gasteiger partial charge in [0.25, 0.3) is 0 Å². The van der Waals surface area contributed by atoms with E-state index in [1.54, 1.807) is 0 Å². The number of aliphatic hydroxyl groups is 1. The Bertz CT molecular complexity index is 340. The van der Waals surface area contributed by atoms with Crippen molar-refractivity contribution in [2.75, 3.05) is 13.1 Å². The molecule has 0 unspecified atom stereocenters. The molecule has 1 heterocycles. The molecule has 2 fully saturated rings. The number of hydrogen-bond donors (Lipinski definition) is 2. The van der Waals surface area contributed by atoms with Gasteiger partial charge in [-0.3, -0.25) is 0 Å². The summed E-state index contributed by atoms with van der Waals surface area (Å²) in [5, 5.41) is 13.6. The van der Waals surface area contributed by atoms with E-state index in [4.69, 9.17) is 0 Å². The highest BCUT2D eigenvalue weighted by molar-refractivity contribution is 5.85. The Morgan fingerprint density at radius 2 is 1.67 bits per heavy atom. The predicted octanol–water partition coefficient (Wildman–Crippen LogP) is 1.68. The van der Waals surface area contributed by atoms with Crippen LogP contribution in [0, 0.1) is 5.41 Å². The molecule has 15 heavy (non-hydrogen) atoms. The molecule has 1 saturated heterocycles. The molecule has 2 aliphatic rings. The van der Waals surface area contributed by atoms with E-state index in [1.165, 1.54) is 0 Å². The maximum absolute atomic E-state index is 10.4. The lowest BCUT2D eigenvalue weighted by Crippen LogP contribution is -2.65. The minimum Gasteiger partial charge on any atom is -0.385 e. The first-order valence-corrected chi connectivity index (χ1v) is 5.21. The van der Waals surface area contributed by atoms with Crippen molar-refractivity contribution in [3.05, 3.63) is 35.9 Å². The smallest absolute Gasteiger partial charge is 0.0909 e. The van der Waals surface area contributed by atoms with Crippen LogP contribution in [0.15, 0.2) is 30.3 Å². The Kier molecular flexibility index (Phi) is 2.53. The van der Waals surface area contributed by atoms with Gasteiger partial charge in [-0.1, -0.05) is 30.3 Å². The molecule has 0 bridgehead atoms. The standard InChI is InChI=1S/C12H15NO.ClH/c14-12(10-4-2-1-3-5-10)6-11(7-12)8-13-9-11;/h1-5,13-14H,6-9H2;1H. The molecule has 1 aliphatic heterocycles. The Balaban J connectivity index is 0.000000853. The summed E-state index contributed by atoms with van der Waals surface area (Å²) < 4.78 is 0. The average molecular weight is 226 g/mol. The Hall–Kier alpha value is -0.570. The number of rotatable bonds is 1. The van der Waals surface area contributed by atoms with E-state index in [9.17, 15) is 5.11 Å². The molecule has 1 aliphatic carbocycles. The molecule has 82 valence electrons. The molecule has 0 atom stereocenters. The second-order valence-electron chi connectivity index (χ2n) is 4.85. The van der Waals surface area contributed by atoms with Gasteiger partial charge >= 0.3 is 0 Å². The fourth-order valence-corrected chi connectivity index (χ4v) is 2.87. The summed E-state index contributed by atoms with van der Waals surface area (Å²) in [5.41, 5.74) is 0.964. The van der Waals surface area contributed by atoms with Crippen molar-refractivity contribution in [1.29, 1.82) is 0 Å². The first kappa shape index (κ1) is 10.9. The minimum absolute atomic E-state index is 0. The third-order valence-corrected chi connectivity index (χ3v) is 3.65. The van der Waals surface area contributed by atoms with Crippen LogP contribution in [0.3, 0.4) is 0 Å². The molecule has 0 amide bonds. The number of halogens is 1. The van der Waals surface area contributed by atoms with Crippen molar-refractivity contribution >= 4 is 12.4 Å². The Morgan fingerprint density at radius 1 is 1.07 bits per heavy atom.